The summed E-state index contributed by atoms with van der Waals surface area (Å²) in [5.41, 5.74) is 0. The highest BCUT2D eigenvalue weighted by Crippen LogP contribution is 2.21. The monoisotopic (exact) mass is 287 g/mol. The Morgan fingerprint density at radius 1 is 1.33 bits per heavy atom. The van der Waals surface area contributed by atoms with Gasteiger partial charge in [-0.25, -0.2) is 13.1 Å². The van der Waals surface area contributed by atoms with Gasteiger partial charge in [-0.2, -0.15) is 0 Å². The Labute approximate surface area is 109 Å². The van der Waals surface area contributed by atoms with Gasteiger partial charge in [-0.15, -0.1) is 11.3 Å². The zero-order valence-electron chi connectivity index (χ0n) is 9.71. The fraction of sp³-hybridized carbons (Fsp3) is 0.273. The number of thiophene rings is 1. The Bertz CT molecular complexity index is 627. The molecule has 0 bridgehead atoms. The van der Waals surface area contributed by atoms with E-state index in [1.165, 1.54) is 6.07 Å². The van der Waals surface area contributed by atoms with Crippen molar-refractivity contribution in [3.8, 4) is 0 Å². The number of hydrogen-bond donors (Lipinski definition) is 2. The highest BCUT2D eigenvalue weighted by atomic mass is 32.2. The molecule has 0 aliphatic heterocycles. The average Bonchev–Trinajstić information content (AvgIpc) is 2.95. The van der Waals surface area contributed by atoms with Crippen molar-refractivity contribution in [3.63, 3.8) is 0 Å². The summed E-state index contributed by atoms with van der Waals surface area (Å²) >= 11 is 1.05. The van der Waals surface area contributed by atoms with E-state index >= 15 is 0 Å². The van der Waals surface area contributed by atoms with E-state index in [4.69, 9.17) is 9.52 Å². The van der Waals surface area contributed by atoms with E-state index in [1.54, 1.807) is 25.1 Å². The van der Waals surface area contributed by atoms with Gasteiger partial charge in [0.2, 0.25) is 10.0 Å². The van der Waals surface area contributed by atoms with E-state index in [9.17, 15) is 8.42 Å². The predicted molar refractivity (Wildman–Crippen MR) is 67.7 cm³/mol. The van der Waals surface area contributed by atoms with Crippen molar-refractivity contribution in [3.05, 3.63) is 40.7 Å². The summed E-state index contributed by atoms with van der Waals surface area (Å²) in [6.07, 6.45) is 0. The van der Waals surface area contributed by atoms with Gasteiger partial charge in [0.15, 0.2) is 0 Å². The molecule has 2 N–H and O–H groups in total. The molecule has 0 fully saturated rings. The molecule has 2 aromatic heterocycles. The number of aliphatic hydroxyl groups is 1. The van der Waals surface area contributed by atoms with Crippen LogP contribution in [0.2, 0.25) is 0 Å². The highest BCUT2D eigenvalue weighted by Gasteiger charge is 2.16. The normalized spacial score (nSPS) is 11.9. The largest absolute Gasteiger partial charge is 0.465 e. The summed E-state index contributed by atoms with van der Waals surface area (Å²) in [6.45, 7) is 1.75. The minimum absolute atomic E-state index is 0.114. The van der Waals surface area contributed by atoms with Gasteiger partial charge in [-0.05, 0) is 31.2 Å². The smallest absolute Gasteiger partial charge is 0.250 e. The minimum atomic E-state index is -3.54. The van der Waals surface area contributed by atoms with Crippen LogP contribution < -0.4 is 4.72 Å². The van der Waals surface area contributed by atoms with Crippen molar-refractivity contribution in [2.24, 2.45) is 0 Å². The maximum Gasteiger partial charge on any atom is 0.250 e. The lowest BCUT2D eigenvalue weighted by Gasteiger charge is -2.02. The molecule has 0 saturated carbocycles. The Hall–Kier alpha value is -1.15. The number of sulfonamides is 1. The van der Waals surface area contributed by atoms with Crippen molar-refractivity contribution in [2.75, 3.05) is 0 Å². The minimum Gasteiger partial charge on any atom is -0.465 e. The molecule has 0 aliphatic carbocycles. The molecule has 0 aliphatic rings. The molecule has 0 aromatic carbocycles. The van der Waals surface area contributed by atoms with Crippen molar-refractivity contribution in [1.82, 2.24) is 4.72 Å². The van der Waals surface area contributed by atoms with Crippen LogP contribution in [-0.2, 0) is 23.2 Å². The van der Waals surface area contributed by atoms with Crippen LogP contribution in [0.4, 0.5) is 0 Å². The predicted octanol–water partition coefficient (Wildman–Crippen LogP) is 1.62. The van der Waals surface area contributed by atoms with Crippen molar-refractivity contribution < 1.29 is 17.9 Å². The van der Waals surface area contributed by atoms with Crippen LogP contribution in [-0.4, -0.2) is 13.5 Å². The van der Waals surface area contributed by atoms with Gasteiger partial charge in [0, 0.05) is 4.88 Å². The SMILES string of the molecule is Cc1ccc(CNS(=O)(=O)c2ccc(CO)s2)o1. The lowest BCUT2D eigenvalue weighted by Crippen LogP contribution is -2.22. The standard InChI is InChI=1S/C11H13NO4S2/c1-8-2-3-9(16-8)6-12-18(14,15)11-5-4-10(7-13)17-11/h2-5,12-13H,6-7H2,1H3. The topological polar surface area (TPSA) is 79.5 Å². The van der Waals surface area contributed by atoms with Crippen LogP contribution in [0.25, 0.3) is 0 Å². The molecule has 5 nitrogen and oxygen atoms in total. The molecule has 0 radical (unpaired) electrons. The Kier molecular flexibility index (Phi) is 3.86. The second-order valence-electron chi connectivity index (χ2n) is 3.72. The molecule has 7 heteroatoms. The zero-order valence-corrected chi connectivity index (χ0v) is 11.3. The Morgan fingerprint density at radius 2 is 2.11 bits per heavy atom. The Balaban J connectivity index is 2.07. The molecule has 0 atom stereocenters. The van der Waals surface area contributed by atoms with Gasteiger partial charge in [-0.3, -0.25) is 0 Å². The van der Waals surface area contributed by atoms with Crippen LogP contribution >= 0.6 is 11.3 Å². The molecular formula is C11H13NO4S2. The van der Waals surface area contributed by atoms with Crippen molar-refractivity contribution in [2.45, 2.75) is 24.3 Å². The lowest BCUT2D eigenvalue weighted by atomic mass is 10.4. The van der Waals surface area contributed by atoms with Gasteiger partial charge in [-0.1, -0.05) is 0 Å². The van der Waals surface area contributed by atoms with Crippen LogP contribution in [0.15, 0.2) is 32.9 Å². The molecule has 0 saturated heterocycles. The van der Waals surface area contributed by atoms with E-state index in [1.807, 2.05) is 0 Å². The van der Waals surface area contributed by atoms with Gasteiger partial charge in [0.05, 0.1) is 13.2 Å². The van der Waals surface area contributed by atoms with Crippen LogP contribution in [0.1, 0.15) is 16.4 Å². The maximum atomic E-state index is 11.9. The summed E-state index contributed by atoms with van der Waals surface area (Å²) in [6, 6.07) is 6.58. The molecule has 2 heterocycles. The number of aryl methyl sites for hydroxylation is 1. The molecule has 98 valence electrons. The molecule has 18 heavy (non-hydrogen) atoms. The molecular weight excluding hydrogens is 274 g/mol. The highest BCUT2D eigenvalue weighted by molar-refractivity contribution is 7.91. The fourth-order valence-corrected chi connectivity index (χ4v) is 3.66. The first-order valence-electron chi connectivity index (χ1n) is 5.26. The molecule has 2 rings (SSSR count). The van der Waals surface area contributed by atoms with Crippen molar-refractivity contribution >= 4 is 21.4 Å². The van der Waals surface area contributed by atoms with Crippen LogP contribution in [0.3, 0.4) is 0 Å². The first-order valence-corrected chi connectivity index (χ1v) is 7.56. The van der Waals surface area contributed by atoms with E-state index in [2.05, 4.69) is 4.72 Å². The molecule has 2 aromatic rings. The number of aliphatic hydroxyl groups excluding tert-OH is 1. The average molecular weight is 287 g/mol. The van der Waals surface area contributed by atoms with Gasteiger partial charge < -0.3 is 9.52 Å². The fourth-order valence-electron chi connectivity index (χ4n) is 1.41. The quantitative estimate of drug-likeness (QED) is 0.876. The summed E-state index contributed by atoms with van der Waals surface area (Å²) in [4.78, 5) is 0.615. The van der Waals surface area contributed by atoms with E-state index in [0.717, 1.165) is 17.1 Å². The lowest BCUT2D eigenvalue weighted by molar-refractivity contribution is 0.285. The summed E-state index contributed by atoms with van der Waals surface area (Å²) < 4.78 is 31.8. The third-order valence-corrected chi connectivity index (χ3v) is 5.25. The van der Waals surface area contributed by atoms with E-state index in [-0.39, 0.29) is 17.4 Å². The molecule has 0 spiro atoms. The Morgan fingerprint density at radius 3 is 2.67 bits per heavy atom. The zero-order chi connectivity index (χ0) is 13.2. The van der Waals surface area contributed by atoms with Gasteiger partial charge >= 0.3 is 0 Å². The third kappa shape index (κ3) is 2.99. The summed E-state index contributed by atoms with van der Waals surface area (Å²) in [5.74, 6) is 1.30. The first-order chi connectivity index (χ1) is 8.51. The second kappa shape index (κ2) is 5.23. The number of rotatable bonds is 5. The first kappa shape index (κ1) is 13.3. The molecule has 0 unspecified atom stereocenters. The van der Waals surface area contributed by atoms with Crippen LogP contribution in [0.5, 0.6) is 0 Å². The molecule has 0 amide bonds. The van der Waals surface area contributed by atoms with E-state index in [0.29, 0.717) is 10.6 Å². The summed E-state index contributed by atoms with van der Waals surface area (Å²) in [7, 11) is -3.54. The van der Waals surface area contributed by atoms with Crippen molar-refractivity contribution in [1.29, 1.82) is 0 Å². The van der Waals surface area contributed by atoms with Gasteiger partial charge in [0.1, 0.15) is 15.7 Å². The third-order valence-electron chi connectivity index (χ3n) is 2.29. The van der Waals surface area contributed by atoms with E-state index < -0.39 is 10.0 Å². The summed E-state index contributed by atoms with van der Waals surface area (Å²) in [5, 5.41) is 8.91. The van der Waals surface area contributed by atoms with Gasteiger partial charge in [0.25, 0.3) is 0 Å². The number of nitrogens with one attached hydrogen (secondary N) is 1. The number of hydrogen-bond acceptors (Lipinski definition) is 5. The van der Waals surface area contributed by atoms with Crippen LogP contribution in [0, 0.1) is 6.92 Å². The maximum absolute atomic E-state index is 11.9. The number of furan rings is 1. The second-order valence-corrected chi connectivity index (χ2v) is 6.88.